The van der Waals surface area contributed by atoms with Gasteiger partial charge < -0.3 is 9.15 Å². The third kappa shape index (κ3) is 4.07. The van der Waals surface area contributed by atoms with Crippen LogP contribution in [0.5, 0.6) is 5.75 Å². The third-order valence-corrected chi connectivity index (χ3v) is 5.04. The minimum Gasteiger partial charge on any atom is -0.489 e. The predicted molar refractivity (Wildman–Crippen MR) is 114 cm³/mol. The summed E-state index contributed by atoms with van der Waals surface area (Å²) in [4.78, 5) is 22.9. The van der Waals surface area contributed by atoms with Gasteiger partial charge in [0.15, 0.2) is 0 Å². The highest BCUT2D eigenvalue weighted by Gasteiger charge is 2.13. The number of hydrogen-bond acceptors (Lipinski definition) is 5. The van der Waals surface area contributed by atoms with Gasteiger partial charge in [0.05, 0.1) is 4.92 Å². The molecule has 150 valence electrons. The summed E-state index contributed by atoms with van der Waals surface area (Å²) in [6.07, 6.45) is 0.517. The van der Waals surface area contributed by atoms with Crippen LogP contribution in [0.15, 0.2) is 82.0 Å². The summed E-state index contributed by atoms with van der Waals surface area (Å²) in [5, 5.41) is 11.6. The molecule has 0 radical (unpaired) electrons. The smallest absolute Gasteiger partial charge is 0.340 e. The van der Waals surface area contributed by atoms with Crippen LogP contribution in [0, 0.1) is 17.0 Å². The van der Waals surface area contributed by atoms with E-state index in [1.807, 2.05) is 49.4 Å². The Morgan fingerprint density at radius 1 is 0.967 bits per heavy atom. The molecule has 4 rings (SSSR count). The molecule has 0 N–H and O–H groups in total. The number of non-ortho nitro benzene ring substituents is 1. The maximum absolute atomic E-state index is 12.6. The van der Waals surface area contributed by atoms with Gasteiger partial charge in [0.2, 0.25) is 0 Å². The van der Waals surface area contributed by atoms with Crippen LogP contribution in [0.1, 0.15) is 22.3 Å². The Labute approximate surface area is 172 Å². The molecule has 0 aliphatic rings. The van der Waals surface area contributed by atoms with Crippen LogP contribution in [0.2, 0.25) is 0 Å². The molecule has 0 fully saturated rings. The molecule has 1 aromatic heterocycles. The van der Waals surface area contributed by atoms with Crippen LogP contribution in [0.3, 0.4) is 0 Å². The number of nitrogens with zero attached hydrogens (tertiary/aromatic N) is 1. The van der Waals surface area contributed by atoms with Gasteiger partial charge in [-0.05, 0) is 47.9 Å². The highest BCUT2D eigenvalue weighted by molar-refractivity contribution is 5.82. The van der Waals surface area contributed by atoms with Crippen LogP contribution in [-0.4, -0.2) is 4.92 Å². The molecule has 4 aromatic rings. The summed E-state index contributed by atoms with van der Waals surface area (Å²) in [5.41, 5.74) is 3.55. The van der Waals surface area contributed by atoms with Crippen LogP contribution in [0.25, 0.3) is 11.0 Å². The summed E-state index contributed by atoms with van der Waals surface area (Å²) in [7, 11) is 0. The molecule has 30 heavy (non-hydrogen) atoms. The first-order valence-corrected chi connectivity index (χ1v) is 9.47. The molecule has 0 amide bonds. The quantitative estimate of drug-likeness (QED) is 0.253. The molecule has 0 aliphatic carbocycles. The molecular weight excluding hydrogens is 382 g/mol. The lowest BCUT2D eigenvalue weighted by atomic mass is 10.00. The van der Waals surface area contributed by atoms with Gasteiger partial charge in [-0.2, -0.15) is 0 Å². The predicted octanol–water partition coefficient (Wildman–Crippen LogP) is 5.18. The molecule has 6 nitrogen and oxygen atoms in total. The SMILES string of the molecule is Cc1c(Cc2ccccc2)c(=O)oc2cc(OCc3ccc([N+](=O)[O-])cc3)ccc12. The van der Waals surface area contributed by atoms with Crippen molar-refractivity contribution < 1.29 is 14.1 Å². The van der Waals surface area contributed by atoms with Crippen LogP contribution in [0.4, 0.5) is 5.69 Å². The van der Waals surface area contributed by atoms with Crippen molar-refractivity contribution in [2.75, 3.05) is 0 Å². The average Bonchev–Trinajstić information content (AvgIpc) is 2.76. The Kier molecular flexibility index (Phi) is 5.30. The third-order valence-electron chi connectivity index (χ3n) is 5.04. The minimum atomic E-state index is -0.440. The standard InChI is InChI=1S/C24H19NO5/c1-16-21-12-11-20(29-15-18-7-9-19(10-8-18)25(27)28)14-23(21)30-24(26)22(16)13-17-5-3-2-4-6-17/h2-12,14H,13,15H2,1H3. The Balaban J connectivity index is 1.56. The maximum atomic E-state index is 12.6. The molecular formula is C24H19NO5. The van der Waals surface area contributed by atoms with Crippen LogP contribution < -0.4 is 10.4 Å². The zero-order chi connectivity index (χ0) is 21.1. The topological polar surface area (TPSA) is 82.6 Å². The minimum absolute atomic E-state index is 0.0352. The number of benzene rings is 3. The highest BCUT2D eigenvalue weighted by Crippen LogP contribution is 2.26. The number of hydrogen-bond donors (Lipinski definition) is 0. The highest BCUT2D eigenvalue weighted by atomic mass is 16.6. The van der Waals surface area contributed by atoms with Crippen molar-refractivity contribution in [3.8, 4) is 5.75 Å². The summed E-state index contributed by atoms with van der Waals surface area (Å²) in [5.74, 6) is 0.555. The Morgan fingerprint density at radius 3 is 2.40 bits per heavy atom. The van der Waals surface area contributed by atoms with Crippen molar-refractivity contribution in [2.24, 2.45) is 0 Å². The fraction of sp³-hybridized carbons (Fsp3) is 0.125. The molecule has 0 spiro atoms. The monoisotopic (exact) mass is 401 g/mol. The number of aryl methyl sites for hydroxylation is 1. The van der Waals surface area contributed by atoms with E-state index in [4.69, 9.17) is 9.15 Å². The molecule has 0 bridgehead atoms. The van der Waals surface area contributed by atoms with Crippen molar-refractivity contribution >= 4 is 16.7 Å². The summed E-state index contributed by atoms with van der Waals surface area (Å²) < 4.78 is 11.3. The fourth-order valence-electron chi connectivity index (χ4n) is 3.35. The summed E-state index contributed by atoms with van der Waals surface area (Å²) in [6, 6.07) is 21.4. The lowest BCUT2D eigenvalue weighted by molar-refractivity contribution is -0.384. The van der Waals surface area contributed by atoms with Gasteiger partial charge in [0, 0.05) is 35.6 Å². The Hall–Kier alpha value is -3.93. The van der Waals surface area contributed by atoms with Crippen molar-refractivity contribution in [3.63, 3.8) is 0 Å². The zero-order valence-corrected chi connectivity index (χ0v) is 16.3. The summed E-state index contributed by atoms with van der Waals surface area (Å²) in [6.45, 7) is 2.17. The van der Waals surface area contributed by atoms with E-state index >= 15 is 0 Å². The Morgan fingerprint density at radius 2 is 1.70 bits per heavy atom. The van der Waals surface area contributed by atoms with Gasteiger partial charge in [-0.25, -0.2) is 4.79 Å². The maximum Gasteiger partial charge on any atom is 0.340 e. The number of nitro benzene ring substituents is 1. The fourth-order valence-corrected chi connectivity index (χ4v) is 3.35. The van der Waals surface area contributed by atoms with E-state index in [-0.39, 0.29) is 17.9 Å². The van der Waals surface area contributed by atoms with Crippen molar-refractivity contribution in [1.29, 1.82) is 0 Å². The van der Waals surface area contributed by atoms with E-state index in [0.717, 1.165) is 22.1 Å². The normalized spacial score (nSPS) is 10.8. The van der Waals surface area contributed by atoms with Gasteiger partial charge in [0.1, 0.15) is 17.9 Å². The second-order valence-corrected chi connectivity index (χ2v) is 7.03. The molecule has 3 aromatic carbocycles. The molecule has 0 unspecified atom stereocenters. The number of rotatable bonds is 6. The number of nitro groups is 1. The first-order chi connectivity index (χ1) is 14.5. The lowest BCUT2D eigenvalue weighted by Gasteiger charge is -2.10. The molecule has 0 saturated carbocycles. The average molecular weight is 401 g/mol. The van der Waals surface area contributed by atoms with E-state index < -0.39 is 4.92 Å². The summed E-state index contributed by atoms with van der Waals surface area (Å²) >= 11 is 0. The van der Waals surface area contributed by atoms with Crippen molar-refractivity contribution in [1.82, 2.24) is 0 Å². The molecule has 0 saturated heterocycles. The Bertz CT molecular complexity index is 1260. The second-order valence-electron chi connectivity index (χ2n) is 7.03. The van der Waals surface area contributed by atoms with E-state index in [9.17, 15) is 14.9 Å². The molecule has 6 heteroatoms. The van der Waals surface area contributed by atoms with Crippen LogP contribution >= 0.6 is 0 Å². The molecule has 1 heterocycles. The van der Waals surface area contributed by atoms with Gasteiger partial charge >= 0.3 is 5.63 Å². The van der Waals surface area contributed by atoms with E-state index in [2.05, 4.69) is 0 Å². The second kappa shape index (κ2) is 8.21. The van der Waals surface area contributed by atoms with Crippen LogP contribution in [-0.2, 0) is 13.0 Å². The zero-order valence-electron chi connectivity index (χ0n) is 16.3. The first-order valence-electron chi connectivity index (χ1n) is 9.47. The first kappa shape index (κ1) is 19.4. The van der Waals surface area contributed by atoms with E-state index in [0.29, 0.717) is 23.3 Å². The van der Waals surface area contributed by atoms with E-state index in [1.165, 1.54) is 12.1 Å². The van der Waals surface area contributed by atoms with E-state index in [1.54, 1.807) is 18.2 Å². The number of ether oxygens (including phenoxy) is 1. The largest absolute Gasteiger partial charge is 0.489 e. The van der Waals surface area contributed by atoms with Crippen molar-refractivity contribution in [3.05, 3.63) is 116 Å². The van der Waals surface area contributed by atoms with Gasteiger partial charge in [-0.1, -0.05) is 30.3 Å². The molecule has 0 atom stereocenters. The molecule has 0 aliphatic heterocycles. The number of fused-ring (bicyclic) bond motifs is 1. The van der Waals surface area contributed by atoms with Gasteiger partial charge in [-0.15, -0.1) is 0 Å². The lowest BCUT2D eigenvalue weighted by Crippen LogP contribution is -2.11. The van der Waals surface area contributed by atoms with Gasteiger partial charge in [0.25, 0.3) is 5.69 Å². The van der Waals surface area contributed by atoms with Crippen molar-refractivity contribution in [2.45, 2.75) is 20.0 Å². The van der Waals surface area contributed by atoms with Gasteiger partial charge in [-0.3, -0.25) is 10.1 Å².